The molecule has 3 rings (SSSR count). The van der Waals surface area contributed by atoms with Gasteiger partial charge in [0.05, 0.1) is 5.92 Å². The fourth-order valence-corrected chi connectivity index (χ4v) is 2.98. The summed E-state index contributed by atoms with van der Waals surface area (Å²) in [4.78, 5) is 37.1. The zero-order valence-corrected chi connectivity index (χ0v) is 14.5. The maximum atomic E-state index is 12.5. The number of carbonyl (C=O) groups excluding carboxylic acids is 2. The Morgan fingerprint density at radius 2 is 1.73 bits per heavy atom. The monoisotopic (exact) mass is 376 g/mol. The predicted molar refractivity (Wildman–Crippen MR) is 94.4 cm³/mol. The molecule has 136 valence electrons. The van der Waals surface area contributed by atoms with Crippen molar-refractivity contribution in [2.45, 2.75) is 12.8 Å². The molecule has 1 saturated heterocycles. The lowest BCUT2D eigenvalue weighted by Crippen LogP contribution is -2.40. The van der Waals surface area contributed by atoms with Gasteiger partial charge in [0.2, 0.25) is 0 Å². The Morgan fingerprint density at radius 3 is 2.27 bits per heavy atom. The second-order valence-electron chi connectivity index (χ2n) is 6.04. The number of aliphatic carboxylic acids is 1. The van der Waals surface area contributed by atoms with Gasteiger partial charge in [-0.05, 0) is 60.8 Å². The summed E-state index contributed by atoms with van der Waals surface area (Å²) in [7, 11) is 0. The standard InChI is InChI=1S/C18H17ClN2O5/c19-15-6-5-14(26-15)16(22)20-13-3-1-11(2-4-13)17(23)21-9-7-12(8-10-21)18(24)25/h1-6,12H,7-10H2,(H,20,22)(H,24,25). The number of halogens is 1. The molecule has 1 aliphatic rings. The first-order valence-corrected chi connectivity index (χ1v) is 8.50. The van der Waals surface area contributed by atoms with Gasteiger partial charge in [0.15, 0.2) is 11.0 Å². The Morgan fingerprint density at radius 1 is 1.08 bits per heavy atom. The molecule has 2 heterocycles. The van der Waals surface area contributed by atoms with Crippen molar-refractivity contribution in [3.05, 3.63) is 52.9 Å². The van der Waals surface area contributed by atoms with E-state index in [0.717, 1.165) is 0 Å². The number of hydrogen-bond donors (Lipinski definition) is 2. The van der Waals surface area contributed by atoms with Crippen LogP contribution in [0.5, 0.6) is 0 Å². The van der Waals surface area contributed by atoms with Crippen LogP contribution < -0.4 is 5.32 Å². The van der Waals surface area contributed by atoms with Gasteiger partial charge in [0.1, 0.15) is 0 Å². The molecule has 0 radical (unpaired) electrons. The van der Waals surface area contributed by atoms with Crippen LogP contribution in [0.15, 0.2) is 40.8 Å². The molecule has 2 N–H and O–H groups in total. The number of benzene rings is 1. The molecule has 0 atom stereocenters. The van der Waals surface area contributed by atoms with E-state index in [1.54, 1.807) is 29.2 Å². The van der Waals surface area contributed by atoms with Crippen molar-refractivity contribution in [2.24, 2.45) is 5.92 Å². The zero-order chi connectivity index (χ0) is 18.7. The molecular formula is C18H17ClN2O5. The summed E-state index contributed by atoms with van der Waals surface area (Å²) in [6.07, 6.45) is 0.918. The molecule has 1 aromatic carbocycles. The molecule has 0 aliphatic carbocycles. The second kappa shape index (κ2) is 7.61. The number of carbonyl (C=O) groups is 3. The maximum absolute atomic E-state index is 12.5. The smallest absolute Gasteiger partial charge is 0.306 e. The number of anilines is 1. The fraction of sp³-hybridized carbons (Fsp3) is 0.278. The summed E-state index contributed by atoms with van der Waals surface area (Å²) in [5.74, 6) is -1.69. The number of carboxylic acids is 1. The van der Waals surface area contributed by atoms with Gasteiger partial charge in [0, 0.05) is 24.3 Å². The summed E-state index contributed by atoms with van der Waals surface area (Å²) in [6.45, 7) is 0.848. The number of nitrogens with one attached hydrogen (secondary N) is 1. The van der Waals surface area contributed by atoms with Crippen LogP contribution in [0, 0.1) is 5.92 Å². The van der Waals surface area contributed by atoms with Crippen molar-refractivity contribution in [1.82, 2.24) is 4.90 Å². The Balaban J connectivity index is 1.59. The molecule has 26 heavy (non-hydrogen) atoms. The van der Waals surface area contributed by atoms with E-state index in [0.29, 0.717) is 37.2 Å². The quantitative estimate of drug-likeness (QED) is 0.853. The third-order valence-corrected chi connectivity index (χ3v) is 4.52. The molecule has 7 nitrogen and oxygen atoms in total. The van der Waals surface area contributed by atoms with E-state index in [2.05, 4.69) is 5.32 Å². The third kappa shape index (κ3) is 4.05. The Bertz CT molecular complexity index is 822. The SMILES string of the molecule is O=C(Nc1ccc(C(=O)N2CCC(C(=O)O)CC2)cc1)c1ccc(Cl)o1. The van der Waals surface area contributed by atoms with Gasteiger partial charge in [-0.2, -0.15) is 0 Å². The minimum Gasteiger partial charge on any atom is -0.481 e. The summed E-state index contributed by atoms with van der Waals surface area (Å²) < 4.78 is 5.04. The number of piperidine rings is 1. The minimum atomic E-state index is -0.810. The van der Waals surface area contributed by atoms with E-state index in [1.807, 2.05) is 0 Å². The fourth-order valence-electron chi connectivity index (χ4n) is 2.84. The van der Waals surface area contributed by atoms with Crippen molar-refractivity contribution < 1.29 is 23.9 Å². The Hall–Kier alpha value is -2.80. The first-order valence-electron chi connectivity index (χ1n) is 8.13. The normalized spacial score (nSPS) is 14.9. The predicted octanol–water partition coefficient (Wildman–Crippen LogP) is 3.12. The molecule has 1 aromatic heterocycles. The van der Waals surface area contributed by atoms with Crippen molar-refractivity contribution in [3.63, 3.8) is 0 Å². The molecule has 0 saturated carbocycles. The molecule has 2 amide bonds. The van der Waals surface area contributed by atoms with Gasteiger partial charge in [-0.25, -0.2) is 0 Å². The van der Waals surface area contributed by atoms with Gasteiger partial charge >= 0.3 is 5.97 Å². The van der Waals surface area contributed by atoms with Gasteiger partial charge in [-0.1, -0.05) is 0 Å². The Kier molecular flexibility index (Phi) is 5.27. The van der Waals surface area contributed by atoms with E-state index in [1.165, 1.54) is 12.1 Å². The number of amides is 2. The number of nitrogens with zero attached hydrogens (tertiary/aromatic N) is 1. The van der Waals surface area contributed by atoms with Crippen LogP contribution >= 0.6 is 11.6 Å². The van der Waals surface area contributed by atoms with Crippen molar-refractivity contribution in [1.29, 1.82) is 0 Å². The molecule has 1 aliphatic heterocycles. The van der Waals surface area contributed by atoms with E-state index < -0.39 is 11.9 Å². The summed E-state index contributed by atoms with van der Waals surface area (Å²) in [6, 6.07) is 9.44. The molecule has 0 unspecified atom stereocenters. The average Bonchev–Trinajstić information content (AvgIpc) is 3.08. The first-order chi connectivity index (χ1) is 12.4. The van der Waals surface area contributed by atoms with Crippen LogP contribution in [0.2, 0.25) is 5.22 Å². The largest absolute Gasteiger partial charge is 0.481 e. The van der Waals surface area contributed by atoms with E-state index in [9.17, 15) is 14.4 Å². The molecular weight excluding hydrogens is 360 g/mol. The van der Waals surface area contributed by atoms with Crippen LogP contribution in [0.3, 0.4) is 0 Å². The topological polar surface area (TPSA) is 99.9 Å². The second-order valence-corrected chi connectivity index (χ2v) is 6.41. The number of rotatable bonds is 4. The summed E-state index contributed by atoms with van der Waals surface area (Å²) in [5.41, 5.74) is 1.00. The van der Waals surface area contributed by atoms with Crippen molar-refractivity contribution in [3.8, 4) is 0 Å². The van der Waals surface area contributed by atoms with E-state index in [4.69, 9.17) is 21.1 Å². The molecule has 8 heteroatoms. The minimum absolute atomic E-state index is 0.0939. The number of likely N-dealkylation sites (tertiary alicyclic amines) is 1. The average molecular weight is 377 g/mol. The van der Waals surface area contributed by atoms with Crippen LogP contribution in [0.1, 0.15) is 33.8 Å². The number of furan rings is 1. The van der Waals surface area contributed by atoms with Crippen LogP contribution in [-0.4, -0.2) is 40.9 Å². The van der Waals surface area contributed by atoms with Crippen LogP contribution in [-0.2, 0) is 4.79 Å². The molecule has 0 spiro atoms. The lowest BCUT2D eigenvalue weighted by molar-refractivity contribution is -0.143. The molecule has 0 bridgehead atoms. The van der Waals surface area contributed by atoms with Crippen LogP contribution in [0.25, 0.3) is 0 Å². The summed E-state index contributed by atoms with van der Waals surface area (Å²) in [5, 5.41) is 11.8. The lowest BCUT2D eigenvalue weighted by atomic mass is 9.96. The van der Waals surface area contributed by atoms with Gasteiger partial charge in [-0.3, -0.25) is 14.4 Å². The molecule has 1 fully saturated rings. The summed E-state index contributed by atoms with van der Waals surface area (Å²) >= 11 is 5.64. The highest BCUT2D eigenvalue weighted by Gasteiger charge is 2.27. The van der Waals surface area contributed by atoms with Gasteiger partial charge < -0.3 is 19.7 Å². The highest BCUT2D eigenvalue weighted by atomic mass is 35.5. The number of hydrogen-bond acceptors (Lipinski definition) is 4. The zero-order valence-electron chi connectivity index (χ0n) is 13.8. The van der Waals surface area contributed by atoms with Gasteiger partial charge in [-0.15, -0.1) is 0 Å². The first kappa shape index (κ1) is 18.0. The molecule has 2 aromatic rings. The van der Waals surface area contributed by atoms with E-state index in [-0.39, 0.29) is 22.8 Å². The Labute approximate surface area is 154 Å². The lowest BCUT2D eigenvalue weighted by Gasteiger charge is -2.30. The highest BCUT2D eigenvalue weighted by Crippen LogP contribution is 2.20. The van der Waals surface area contributed by atoms with Gasteiger partial charge in [0.25, 0.3) is 11.8 Å². The van der Waals surface area contributed by atoms with E-state index >= 15 is 0 Å². The maximum Gasteiger partial charge on any atom is 0.306 e. The number of carboxylic acid groups (broad SMARTS) is 1. The highest BCUT2D eigenvalue weighted by molar-refractivity contribution is 6.29. The van der Waals surface area contributed by atoms with Crippen molar-refractivity contribution >= 4 is 35.1 Å². The van der Waals surface area contributed by atoms with Crippen LogP contribution in [0.4, 0.5) is 5.69 Å². The van der Waals surface area contributed by atoms with Crippen molar-refractivity contribution in [2.75, 3.05) is 18.4 Å². The third-order valence-electron chi connectivity index (χ3n) is 4.32.